The molecule has 0 aromatic rings. The van der Waals surface area contributed by atoms with Crippen molar-refractivity contribution in [2.24, 2.45) is 5.41 Å². The summed E-state index contributed by atoms with van der Waals surface area (Å²) in [6.45, 7) is 6.39. The van der Waals surface area contributed by atoms with Crippen LogP contribution < -0.4 is 20.7 Å². The van der Waals surface area contributed by atoms with Crippen LogP contribution in [0.5, 0.6) is 0 Å². The average molecular weight is 430 g/mol. The minimum Gasteiger partial charge on any atom is -0.354 e. The molecule has 1 heterocycles. The Morgan fingerprint density at radius 3 is 2.41 bits per heavy atom. The molecule has 1 saturated heterocycles. The molecule has 0 aliphatic carbocycles. The Hall–Kier alpha value is -2.14. The summed E-state index contributed by atoms with van der Waals surface area (Å²) in [6.07, 6.45) is 0.558. The minimum atomic E-state index is -0.990. The summed E-state index contributed by atoms with van der Waals surface area (Å²) in [7, 11) is 3.23. The zero-order valence-corrected chi connectivity index (χ0v) is 18.4. The molecule has 4 N–H and O–H groups in total. The highest BCUT2D eigenvalue weighted by molar-refractivity contribution is 7.99. The maximum absolute atomic E-state index is 12.6. The molecule has 0 spiro atoms. The molecule has 0 aromatic carbocycles. The Bertz CT molecular complexity index is 649. The molecular weight excluding hydrogens is 398 g/mol. The zero-order valence-electron chi connectivity index (χ0n) is 17.6. The van der Waals surface area contributed by atoms with E-state index in [1.165, 1.54) is 7.05 Å². The van der Waals surface area contributed by atoms with Crippen LogP contribution in [0.25, 0.3) is 0 Å². The first-order valence-electron chi connectivity index (χ1n) is 9.45. The van der Waals surface area contributed by atoms with Crippen LogP contribution in [0.15, 0.2) is 0 Å². The highest BCUT2D eigenvalue weighted by atomic mass is 32.2. The molecule has 2 unspecified atom stereocenters. The topological polar surface area (TPSA) is 137 Å². The van der Waals surface area contributed by atoms with Gasteiger partial charge in [-0.25, -0.2) is 4.79 Å². The first-order valence-corrected chi connectivity index (χ1v) is 10.3. The number of likely N-dealkylation sites (N-methyl/N-ethyl adjacent to an activating group) is 1. The number of Topliss-reactive ketones (excluding diaryl/α,β-unsaturated/α-hetero) is 1. The van der Waals surface area contributed by atoms with E-state index in [4.69, 9.17) is 0 Å². The third-order valence-electron chi connectivity index (χ3n) is 4.42. The second kappa shape index (κ2) is 11.1. The van der Waals surface area contributed by atoms with Gasteiger partial charge in [0.05, 0.1) is 0 Å². The van der Waals surface area contributed by atoms with Crippen LogP contribution in [0.2, 0.25) is 0 Å². The molecule has 1 aliphatic heterocycles. The maximum atomic E-state index is 12.6. The molecule has 0 saturated carbocycles. The third kappa shape index (κ3) is 8.01. The van der Waals surface area contributed by atoms with Gasteiger partial charge in [0.25, 0.3) is 0 Å². The second-order valence-electron chi connectivity index (χ2n) is 7.88. The van der Waals surface area contributed by atoms with Crippen LogP contribution in [-0.4, -0.2) is 72.9 Å². The predicted molar refractivity (Wildman–Crippen MR) is 110 cm³/mol. The number of urea groups is 1. The van der Waals surface area contributed by atoms with Crippen molar-refractivity contribution in [2.75, 3.05) is 27.2 Å². The van der Waals surface area contributed by atoms with Gasteiger partial charge in [0.1, 0.15) is 17.1 Å². The van der Waals surface area contributed by atoms with Crippen molar-refractivity contribution in [1.82, 2.24) is 25.6 Å². The first kappa shape index (κ1) is 24.9. The van der Waals surface area contributed by atoms with Crippen molar-refractivity contribution in [3.8, 4) is 0 Å². The lowest BCUT2D eigenvalue weighted by Gasteiger charge is -2.29. The van der Waals surface area contributed by atoms with E-state index in [2.05, 4.69) is 20.7 Å². The quantitative estimate of drug-likeness (QED) is 0.214. The van der Waals surface area contributed by atoms with Crippen molar-refractivity contribution in [2.45, 2.75) is 51.3 Å². The third-order valence-corrected chi connectivity index (χ3v) is 5.38. The number of nitrogens with zero attached hydrogens (tertiary/aromatic N) is 1. The Morgan fingerprint density at radius 1 is 1.24 bits per heavy atom. The number of hydrogen-bond donors (Lipinski definition) is 4. The molecule has 11 heteroatoms. The molecule has 0 bridgehead atoms. The molecule has 164 valence electrons. The van der Waals surface area contributed by atoms with Crippen molar-refractivity contribution in [1.29, 1.82) is 0 Å². The molecule has 1 fully saturated rings. The number of hydrogen-bond acceptors (Lipinski definition) is 7. The number of amides is 5. The largest absolute Gasteiger partial charge is 0.354 e. The lowest BCUT2D eigenvalue weighted by Crippen LogP contribution is -2.52. The smallest absolute Gasteiger partial charge is 0.327 e. The second-order valence-corrected chi connectivity index (χ2v) is 8.89. The van der Waals surface area contributed by atoms with Gasteiger partial charge in [-0.3, -0.25) is 29.2 Å². The number of imide groups is 1. The number of nitrogens with one attached hydrogen (secondary N) is 4. The molecule has 2 atom stereocenters. The number of carbonyl (C=O) groups excluding carboxylic acids is 5. The van der Waals surface area contributed by atoms with Crippen molar-refractivity contribution in [3.63, 3.8) is 0 Å². The van der Waals surface area contributed by atoms with Crippen molar-refractivity contribution < 1.29 is 24.0 Å². The van der Waals surface area contributed by atoms with Gasteiger partial charge in [0.2, 0.25) is 17.7 Å². The number of rotatable bonds is 10. The lowest BCUT2D eigenvalue weighted by atomic mass is 9.86. The fourth-order valence-electron chi connectivity index (χ4n) is 2.44. The highest BCUT2D eigenvalue weighted by Crippen LogP contribution is 2.21. The summed E-state index contributed by atoms with van der Waals surface area (Å²) in [5, 5.41) is 7.17. The van der Waals surface area contributed by atoms with Crippen molar-refractivity contribution in [3.05, 3.63) is 0 Å². The standard InChI is InChI=1S/C18H31N5O5S/c1-18(2,3)13(24)9-11(15(26)20-8-6-7-19-4)23(5)17(28)22-29-12-10-14(25)21-16(12)27/h11-12,19H,6-10H2,1-5H3,(H,20,26)(H,22,28)(H,21,25,27). The monoisotopic (exact) mass is 429 g/mol. The SMILES string of the molecule is CNCCCNC(=O)C(CC(=O)C(C)(C)C)N(C)C(=O)NSC1CC(=O)NC1=O. The molecule has 1 aliphatic rings. The summed E-state index contributed by atoms with van der Waals surface area (Å²) in [5.41, 5.74) is -0.654. The van der Waals surface area contributed by atoms with Gasteiger partial charge in [-0.15, -0.1) is 0 Å². The molecule has 0 radical (unpaired) electrons. The van der Waals surface area contributed by atoms with E-state index < -0.39 is 40.5 Å². The first-order chi connectivity index (χ1) is 13.5. The van der Waals surface area contributed by atoms with Gasteiger partial charge in [-0.1, -0.05) is 20.8 Å². The van der Waals surface area contributed by atoms with Crippen LogP contribution in [0.1, 0.15) is 40.0 Å². The predicted octanol–water partition coefficient (Wildman–Crippen LogP) is -0.209. The van der Waals surface area contributed by atoms with Crippen molar-refractivity contribution >= 4 is 41.5 Å². The molecule has 29 heavy (non-hydrogen) atoms. The summed E-state index contributed by atoms with van der Waals surface area (Å²) in [6, 6.07) is -1.62. The van der Waals surface area contributed by atoms with E-state index in [-0.39, 0.29) is 18.6 Å². The average Bonchev–Trinajstić information content (AvgIpc) is 2.96. The van der Waals surface area contributed by atoms with E-state index in [1.54, 1.807) is 27.8 Å². The normalized spacial score (nSPS) is 17.5. The van der Waals surface area contributed by atoms with E-state index in [1.807, 2.05) is 0 Å². The van der Waals surface area contributed by atoms with Crippen LogP contribution in [0.4, 0.5) is 4.79 Å². The Labute approximate surface area is 175 Å². The molecule has 1 rings (SSSR count). The Kier molecular flexibility index (Phi) is 9.57. The number of carbonyl (C=O) groups is 5. The lowest BCUT2D eigenvalue weighted by molar-refractivity contribution is -0.133. The molecule has 5 amide bonds. The zero-order chi connectivity index (χ0) is 22.2. The van der Waals surface area contributed by atoms with Gasteiger partial charge in [0, 0.05) is 31.8 Å². The maximum Gasteiger partial charge on any atom is 0.327 e. The van der Waals surface area contributed by atoms with Crippen LogP contribution in [0, 0.1) is 5.41 Å². The molecule has 10 nitrogen and oxygen atoms in total. The van der Waals surface area contributed by atoms with Gasteiger partial charge in [-0.2, -0.15) is 0 Å². The van der Waals surface area contributed by atoms with Gasteiger partial charge in [0.15, 0.2) is 0 Å². The summed E-state index contributed by atoms with van der Waals surface area (Å²) in [4.78, 5) is 61.6. The van der Waals surface area contributed by atoms with Gasteiger partial charge >= 0.3 is 6.03 Å². The summed E-state index contributed by atoms with van der Waals surface area (Å²) < 4.78 is 2.49. The van der Waals surface area contributed by atoms with Crippen LogP contribution >= 0.6 is 11.9 Å². The van der Waals surface area contributed by atoms with E-state index in [9.17, 15) is 24.0 Å². The Balaban J connectivity index is 2.76. The fourth-order valence-corrected chi connectivity index (χ4v) is 3.23. The van der Waals surface area contributed by atoms with Gasteiger partial charge in [-0.05, 0) is 32.0 Å². The fraction of sp³-hybridized carbons (Fsp3) is 0.722. The van der Waals surface area contributed by atoms with E-state index in [0.717, 1.165) is 23.4 Å². The highest BCUT2D eigenvalue weighted by Gasteiger charge is 2.35. The van der Waals surface area contributed by atoms with Crippen LogP contribution in [-0.2, 0) is 19.2 Å². The summed E-state index contributed by atoms with van der Waals surface area (Å²) in [5.74, 6) is -1.44. The minimum absolute atomic E-state index is 0.0224. The Morgan fingerprint density at radius 2 is 1.90 bits per heavy atom. The van der Waals surface area contributed by atoms with Gasteiger partial charge < -0.3 is 15.5 Å². The molecule has 0 aromatic heterocycles. The molecular formula is C18H31N5O5S. The van der Waals surface area contributed by atoms with E-state index >= 15 is 0 Å². The summed E-state index contributed by atoms with van der Waals surface area (Å²) >= 11 is 0.811. The number of ketones is 1. The van der Waals surface area contributed by atoms with Crippen LogP contribution in [0.3, 0.4) is 0 Å². The van der Waals surface area contributed by atoms with E-state index in [0.29, 0.717) is 13.0 Å².